The predicted molar refractivity (Wildman–Crippen MR) is 98.6 cm³/mol. The van der Waals surface area contributed by atoms with Gasteiger partial charge in [0.25, 0.3) is 0 Å². The number of nitriles is 2. The number of hydrogen-bond donors (Lipinski definition) is 2. The minimum atomic E-state index is -0.969. The third-order valence-corrected chi connectivity index (χ3v) is 5.31. The van der Waals surface area contributed by atoms with E-state index in [9.17, 15) is 20.1 Å². The van der Waals surface area contributed by atoms with Gasteiger partial charge in [-0.15, -0.1) is 0 Å². The predicted octanol–water partition coefficient (Wildman–Crippen LogP) is 2.83. The van der Waals surface area contributed by atoms with E-state index in [1.54, 1.807) is 32.9 Å². The summed E-state index contributed by atoms with van der Waals surface area (Å²) in [5.74, 6) is -1.45. The molecule has 2 amide bonds. The summed E-state index contributed by atoms with van der Waals surface area (Å²) in [7, 11) is 0. The van der Waals surface area contributed by atoms with Crippen molar-refractivity contribution >= 4 is 41.0 Å². The van der Waals surface area contributed by atoms with Crippen molar-refractivity contribution < 1.29 is 9.59 Å². The number of hydrogen-bond acceptors (Lipinski definition) is 6. The molecule has 1 aromatic heterocycles. The highest BCUT2D eigenvalue weighted by molar-refractivity contribution is 8.04. The number of anilines is 1. The molecule has 1 aliphatic heterocycles. The molecule has 0 saturated carbocycles. The van der Waals surface area contributed by atoms with Gasteiger partial charge in [-0.3, -0.25) is 9.59 Å². The molecule has 2 heterocycles. The zero-order chi connectivity index (χ0) is 19.5. The maximum absolute atomic E-state index is 12.4. The molecule has 0 aliphatic carbocycles. The lowest BCUT2D eigenvalue weighted by atomic mass is 9.72. The molecule has 1 aromatic rings. The fourth-order valence-electron chi connectivity index (χ4n) is 2.42. The second kappa shape index (κ2) is 7.77. The highest BCUT2D eigenvalue weighted by Gasteiger charge is 2.45. The standard InChI is InChI=1S/C17H16ClN5O2S/c1-9(14(24)22-13-5-4-10(18)8-21-13)26-16-12(7-20)17(2,3)11(6-19)15(25)23-16/h4-5,8-9,11H,1-3H3,(H,23,25)(H,21,22,24)/t9-,11-/m1/s1. The van der Waals surface area contributed by atoms with Crippen LogP contribution in [0.5, 0.6) is 0 Å². The molecule has 0 unspecified atom stereocenters. The van der Waals surface area contributed by atoms with Crippen LogP contribution in [0.1, 0.15) is 20.8 Å². The second-order valence-electron chi connectivity index (χ2n) is 6.20. The van der Waals surface area contributed by atoms with Crippen molar-refractivity contribution in [2.45, 2.75) is 26.0 Å². The third-order valence-electron chi connectivity index (χ3n) is 3.98. The van der Waals surface area contributed by atoms with E-state index in [4.69, 9.17) is 11.6 Å². The van der Waals surface area contributed by atoms with Crippen molar-refractivity contribution in [2.75, 3.05) is 5.32 Å². The molecule has 0 saturated heterocycles. The van der Waals surface area contributed by atoms with Crippen molar-refractivity contribution in [1.82, 2.24) is 10.3 Å². The first-order valence-corrected chi connectivity index (χ1v) is 8.91. The summed E-state index contributed by atoms with van der Waals surface area (Å²) >= 11 is 6.81. The molecule has 0 radical (unpaired) electrons. The van der Waals surface area contributed by atoms with Gasteiger partial charge < -0.3 is 10.6 Å². The number of carbonyl (C=O) groups is 2. The van der Waals surface area contributed by atoms with Crippen LogP contribution < -0.4 is 10.6 Å². The Balaban J connectivity index is 2.20. The molecule has 9 heteroatoms. The topological polar surface area (TPSA) is 119 Å². The summed E-state index contributed by atoms with van der Waals surface area (Å²) < 4.78 is 0. The lowest BCUT2D eigenvalue weighted by Gasteiger charge is -2.35. The molecule has 26 heavy (non-hydrogen) atoms. The van der Waals surface area contributed by atoms with Crippen LogP contribution in [0.3, 0.4) is 0 Å². The van der Waals surface area contributed by atoms with E-state index < -0.39 is 22.5 Å². The first-order valence-electron chi connectivity index (χ1n) is 7.65. The molecule has 2 rings (SSSR count). The van der Waals surface area contributed by atoms with E-state index in [1.165, 1.54) is 6.20 Å². The Morgan fingerprint density at radius 1 is 1.46 bits per heavy atom. The normalized spacial score (nSPS) is 19.8. The van der Waals surface area contributed by atoms with Gasteiger partial charge in [0.05, 0.1) is 33.0 Å². The number of nitrogens with zero attached hydrogens (tertiary/aromatic N) is 3. The largest absolute Gasteiger partial charge is 0.319 e. The smallest absolute Gasteiger partial charge is 0.243 e. The maximum atomic E-state index is 12.4. The van der Waals surface area contributed by atoms with Crippen molar-refractivity contribution in [3.63, 3.8) is 0 Å². The lowest BCUT2D eigenvalue weighted by molar-refractivity contribution is -0.125. The van der Waals surface area contributed by atoms with Gasteiger partial charge in [-0.1, -0.05) is 37.2 Å². The number of carbonyl (C=O) groups excluding carboxylic acids is 2. The highest BCUT2D eigenvalue weighted by atomic mass is 35.5. The first-order chi connectivity index (χ1) is 12.2. The Morgan fingerprint density at radius 2 is 2.15 bits per heavy atom. The molecule has 7 nitrogen and oxygen atoms in total. The van der Waals surface area contributed by atoms with Crippen LogP contribution in [0.15, 0.2) is 28.9 Å². The molecule has 0 fully saturated rings. The van der Waals surface area contributed by atoms with Crippen LogP contribution in [0.25, 0.3) is 0 Å². The molecular weight excluding hydrogens is 374 g/mol. The van der Waals surface area contributed by atoms with Gasteiger partial charge in [0.1, 0.15) is 11.7 Å². The van der Waals surface area contributed by atoms with E-state index in [0.29, 0.717) is 15.9 Å². The first kappa shape index (κ1) is 19.8. The number of allylic oxidation sites excluding steroid dienone is 1. The van der Waals surface area contributed by atoms with Crippen LogP contribution in [-0.4, -0.2) is 22.0 Å². The van der Waals surface area contributed by atoms with Gasteiger partial charge in [0.15, 0.2) is 0 Å². The van der Waals surface area contributed by atoms with E-state index >= 15 is 0 Å². The van der Waals surface area contributed by atoms with E-state index in [0.717, 1.165) is 11.8 Å². The number of nitrogens with one attached hydrogen (secondary N) is 2. The SMILES string of the molecule is C[C@@H](SC1=C(C#N)C(C)(C)[C@H](C#N)C(=O)N1)C(=O)Nc1ccc(Cl)cn1. The number of aromatic nitrogens is 1. The highest BCUT2D eigenvalue weighted by Crippen LogP contribution is 2.42. The molecule has 2 N–H and O–H groups in total. The van der Waals surface area contributed by atoms with Gasteiger partial charge in [0.2, 0.25) is 11.8 Å². The fraction of sp³-hybridized carbons (Fsp3) is 0.353. The van der Waals surface area contributed by atoms with Crippen LogP contribution >= 0.6 is 23.4 Å². The molecule has 0 bridgehead atoms. The zero-order valence-electron chi connectivity index (χ0n) is 14.3. The Kier molecular flexibility index (Phi) is 5.91. The quantitative estimate of drug-likeness (QED) is 0.817. The van der Waals surface area contributed by atoms with Crippen LogP contribution in [0.2, 0.25) is 5.02 Å². The van der Waals surface area contributed by atoms with E-state index in [1.807, 2.05) is 6.07 Å². The number of pyridine rings is 1. The average Bonchev–Trinajstić information content (AvgIpc) is 2.56. The van der Waals surface area contributed by atoms with Crippen LogP contribution in [0, 0.1) is 34.0 Å². The summed E-state index contributed by atoms with van der Waals surface area (Å²) in [6.07, 6.45) is 1.41. The summed E-state index contributed by atoms with van der Waals surface area (Å²) in [5, 5.41) is 24.1. The summed E-state index contributed by atoms with van der Waals surface area (Å²) in [4.78, 5) is 28.5. The molecule has 1 aliphatic rings. The Labute approximate surface area is 160 Å². The number of rotatable bonds is 4. The zero-order valence-corrected chi connectivity index (χ0v) is 15.9. The number of thioether (sulfide) groups is 1. The van der Waals surface area contributed by atoms with Gasteiger partial charge in [-0.25, -0.2) is 4.98 Å². The Morgan fingerprint density at radius 3 is 2.69 bits per heavy atom. The summed E-state index contributed by atoms with van der Waals surface area (Å²) in [6.45, 7) is 4.98. The van der Waals surface area contributed by atoms with Gasteiger partial charge in [-0.05, 0) is 19.1 Å². The molecule has 2 atom stereocenters. The minimum absolute atomic E-state index is 0.276. The van der Waals surface area contributed by atoms with Gasteiger partial charge in [0, 0.05) is 11.6 Å². The summed E-state index contributed by atoms with van der Waals surface area (Å²) in [6, 6.07) is 7.17. The van der Waals surface area contributed by atoms with Crippen molar-refractivity contribution in [3.8, 4) is 12.1 Å². The molecule has 134 valence electrons. The van der Waals surface area contributed by atoms with Crippen molar-refractivity contribution in [1.29, 1.82) is 10.5 Å². The summed E-state index contributed by atoms with van der Waals surface area (Å²) in [5.41, 5.74) is -0.667. The minimum Gasteiger partial charge on any atom is -0.319 e. The van der Waals surface area contributed by atoms with Crippen LogP contribution in [0.4, 0.5) is 5.82 Å². The van der Waals surface area contributed by atoms with E-state index in [-0.39, 0.29) is 11.5 Å². The third kappa shape index (κ3) is 3.98. The van der Waals surface area contributed by atoms with Crippen molar-refractivity contribution in [3.05, 3.63) is 34.0 Å². The fourth-order valence-corrected chi connectivity index (χ4v) is 3.64. The molecule has 0 aromatic carbocycles. The second-order valence-corrected chi connectivity index (χ2v) is 7.99. The van der Waals surface area contributed by atoms with E-state index in [2.05, 4.69) is 21.7 Å². The van der Waals surface area contributed by atoms with Gasteiger partial charge >= 0.3 is 0 Å². The monoisotopic (exact) mass is 389 g/mol. The lowest BCUT2D eigenvalue weighted by Crippen LogP contribution is -2.45. The average molecular weight is 390 g/mol. The maximum Gasteiger partial charge on any atom is 0.243 e. The molecular formula is C17H16ClN5O2S. The number of amides is 2. The molecule has 0 spiro atoms. The Hall–Kier alpha value is -2.55. The van der Waals surface area contributed by atoms with Crippen LogP contribution in [-0.2, 0) is 9.59 Å². The van der Waals surface area contributed by atoms with Gasteiger partial charge in [-0.2, -0.15) is 10.5 Å². The number of halogens is 1. The Bertz CT molecular complexity index is 851. The van der Waals surface area contributed by atoms with Crippen molar-refractivity contribution in [2.24, 2.45) is 11.3 Å².